The Labute approximate surface area is 100 Å². The largest absolute Gasteiger partial charge is 0.383 e. The third kappa shape index (κ3) is 2.69. The summed E-state index contributed by atoms with van der Waals surface area (Å²) in [5.74, 6) is 0. The zero-order valence-corrected chi connectivity index (χ0v) is 9.84. The number of nitrogens with two attached hydrogens (primary N) is 1. The SMILES string of the molecule is COCCn1nc(-c2ccccn2)cc1CN. The minimum Gasteiger partial charge on any atom is -0.383 e. The van der Waals surface area contributed by atoms with Gasteiger partial charge in [0.25, 0.3) is 0 Å². The average Bonchev–Trinajstić information content (AvgIpc) is 2.80. The van der Waals surface area contributed by atoms with Crippen molar-refractivity contribution in [3.8, 4) is 11.4 Å². The van der Waals surface area contributed by atoms with Crippen LogP contribution in [-0.4, -0.2) is 28.5 Å². The van der Waals surface area contributed by atoms with Crippen molar-refractivity contribution in [1.29, 1.82) is 0 Å². The Kier molecular flexibility index (Phi) is 3.85. The zero-order valence-electron chi connectivity index (χ0n) is 9.84. The Morgan fingerprint density at radius 3 is 2.88 bits per heavy atom. The summed E-state index contributed by atoms with van der Waals surface area (Å²) in [5.41, 5.74) is 8.39. The van der Waals surface area contributed by atoms with E-state index in [1.165, 1.54) is 0 Å². The van der Waals surface area contributed by atoms with Crippen LogP contribution in [0.15, 0.2) is 30.5 Å². The fourth-order valence-corrected chi connectivity index (χ4v) is 1.63. The van der Waals surface area contributed by atoms with Gasteiger partial charge in [-0.15, -0.1) is 0 Å². The molecule has 0 spiro atoms. The fourth-order valence-electron chi connectivity index (χ4n) is 1.63. The highest BCUT2D eigenvalue weighted by Gasteiger charge is 2.08. The highest BCUT2D eigenvalue weighted by atomic mass is 16.5. The Morgan fingerprint density at radius 2 is 2.24 bits per heavy atom. The van der Waals surface area contributed by atoms with Gasteiger partial charge in [-0.3, -0.25) is 9.67 Å². The fraction of sp³-hybridized carbons (Fsp3) is 0.333. The number of methoxy groups -OCH3 is 1. The molecule has 5 nitrogen and oxygen atoms in total. The van der Waals surface area contributed by atoms with Crippen molar-refractivity contribution in [3.63, 3.8) is 0 Å². The van der Waals surface area contributed by atoms with E-state index in [1.54, 1.807) is 13.3 Å². The van der Waals surface area contributed by atoms with Crippen LogP contribution in [0.5, 0.6) is 0 Å². The van der Waals surface area contributed by atoms with Gasteiger partial charge in [-0.1, -0.05) is 6.07 Å². The second-order valence-electron chi connectivity index (χ2n) is 3.66. The molecule has 0 fully saturated rings. The number of pyridine rings is 1. The van der Waals surface area contributed by atoms with Crippen LogP contribution in [0, 0.1) is 0 Å². The molecule has 2 heterocycles. The maximum Gasteiger partial charge on any atom is 0.111 e. The summed E-state index contributed by atoms with van der Waals surface area (Å²) >= 11 is 0. The molecule has 0 aliphatic rings. The standard InChI is InChI=1S/C12H16N4O/c1-17-7-6-16-10(9-13)8-12(15-16)11-4-2-3-5-14-11/h2-5,8H,6-7,9,13H2,1H3. The van der Waals surface area contributed by atoms with Crippen molar-refractivity contribution in [2.45, 2.75) is 13.1 Å². The maximum absolute atomic E-state index is 5.69. The first-order chi connectivity index (χ1) is 8.35. The van der Waals surface area contributed by atoms with Gasteiger partial charge in [0.05, 0.1) is 24.5 Å². The van der Waals surface area contributed by atoms with Crippen molar-refractivity contribution in [2.24, 2.45) is 5.73 Å². The number of rotatable bonds is 5. The Balaban J connectivity index is 2.28. The van der Waals surface area contributed by atoms with Crippen LogP contribution < -0.4 is 5.73 Å². The third-order valence-electron chi connectivity index (χ3n) is 2.51. The monoisotopic (exact) mass is 232 g/mol. The van der Waals surface area contributed by atoms with Crippen molar-refractivity contribution >= 4 is 0 Å². The van der Waals surface area contributed by atoms with E-state index in [-0.39, 0.29) is 0 Å². The summed E-state index contributed by atoms with van der Waals surface area (Å²) in [5, 5.41) is 4.48. The molecule has 0 saturated heterocycles. The van der Waals surface area contributed by atoms with Gasteiger partial charge in [-0.05, 0) is 18.2 Å². The third-order valence-corrected chi connectivity index (χ3v) is 2.51. The van der Waals surface area contributed by atoms with Gasteiger partial charge in [0.1, 0.15) is 5.69 Å². The lowest BCUT2D eigenvalue weighted by Crippen LogP contribution is -2.12. The first-order valence-corrected chi connectivity index (χ1v) is 5.52. The van der Waals surface area contributed by atoms with Crippen LogP contribution in [0.25, 0.3) is 11.4 Å². The molecule has 0 aliphatic heterocycles. The molecule has 0 amide bonds. The molecule has 0 bridgehead atoms. The van der Waals surface area contributed by atoms with Gasteiger partial charge in [0.2, 0.25) is 0 Å². The van der Waals surface area contributed by atoms with E-state index in [4.69, 9.17) is 10.5 Å². The van der Waals surface area contributed by atoms with Crippen LogP contribution in [0.2, 0.25) is 0 Å². The normalized spacial score (nSPS) is 10.7. The van der Waals surface area contributed by atoms with E-state index in [0.717, 1.165) is 17.1 Å². The van der Waals surface area contributed by atoms with E-state index in [1.807, 2.05) is 28.9 Å². The quantitative estimate of drug-likeness (QED) is 0.836. The number of nitrogens with zero attached hydrogens (tertiary/aromatic N) is 3. The van der Waals surface area contributed by atoms with Crippen LogP contribution >= 0.6 is 0 Å². The molecule has 2 N–H and O–H groups in total. The minimum absolute atomic E-state index is 0.462. The molecule has 0 saturated carbocycles. The van der Waals surface area contributed by atoms with Crippen molar-refractivity contribution in [1.82, 2.24) is 14.8 Å². The van der Waals surface area contributed by atoms with Gasteiger partial charge < -0.3 is 10.5 Å². The second-order valence-corrected chi connectivity index (χ2v) is 3.66. The van der Waals surface area contributed by atoms with Crippen LogP contribution in [0.1, 0.15) is 5.69 Å². The summed E-state index contributed by atoms with van der Waals surface area (Å²) in [7, 11) is 1.67. The van der Waals surface area contributed by atoms with E-state index in [2.05, 4.69) is 10.1 Å². The molecule has 17 heavy (non-hydrogen) atoms. The molecule has 0 atom stereocenters. The summed E-state index contributed by atoms with van der Waals surface area (Å²) < 4.78 is 6.91. The molecule has 2 aromatic rings. The van der Waals surface area contributed by atoms with Crippen LogP contribution in [-0.2, 0) is 17.8 Å². The Hall–Kier alpha value is -1.72. The molecule has 0 unspecified atom stereocenters. The summed E-state index contributed by atoms with van der Waals surface area (Å²) in [6.07, 6.45) is 1.76. The van der Waals surface area contributed by atoms with Crippen LogP contribution in [0.4, 0.5) is 0 Å². The minimum atomic E-state index is 0.462. The van der Waals surface area contributed by atoms with Crippen molar-refractivity contribution < 1.29 is 4.74 Å². The Morgan fingerprint density at radius 1 is 1.35 bits per heavy atom. The molecule has 0 radical (unpaired) electrons. The molecule has 2 rings (SSSR count). The number of hydrogen-bond donors (Lipinski definition) is 1. The molecule has 90 valence electrons. The maximum atomic E-state index is 5.69. The number of aromatic nitrogens is 3. The summed E-state index contributed by atoms with van der Waals surface area (Å²) in [4.78, 5) is 4.27. The molecule has 2 aromatic heterocycles. The first-order valence-electron chi connectivity index (χ1n) is 5.52. The van der Waals surface area contributed by atoms with Gasteiger partial charge in [-0.25, -0.2) is 0 Å². The van der Waals surface area contributed by atoms with Gasteiger partial charge in [0.15, 0.2) is 0 Å². The molecule has 0 aromatic carbocycles. The van der Waals surface area contributed by atoms with Gasteiger partial charge in [0, 0.05) is 19.9 Å². The molecular formula is C12H16N4O. The molecule has 0 aliphatic carbocycles. The zero-order chi connectivity index (χ0) is 12.1. The highest BCUT2D eigenvalue weighted by Crippen LogP contribution is 2.16. The topological polar surface area (TPSA) is 66.0 Å². The predicted octanol–water partition coefficient (Wildman–Crippen LogP) is 1.05. The van der Waals surface area contributed by atoms with E-state index in [9.17, 15) is 0 Å². The van der Waals surface area contributed by atoms with Gasteiger partial charge in [-0.2, -0.15) is 5.10 Å². The number of ether oxygens (including phenoxy) is 1. The van der Waals surface area contributed by atoms with Gasteiger partial charge >= 0.3 is 0 Å². The average molecular weight is 232 g/mol. The second kappa shape index (κ2) is 5.56. The molecular weight excluding hydrogens is 216 g/mol. The first kappa shape index (κ1) is 11.8. The summed E-state index contributed by atoms with van der Waals surface area (Å²) in [6, 6.07) is 7.73. The lowest BCUT2D eigenvalue weighted by atomic mass is 10.2. The highest BCUT2D eigenvalue weighted by molar-refractivity contribution is 5.53. The lowest BCUT2D eigenvalue weighted by molar-refractivity contribution is 0.182. The van der Waals surface area contributed by atoms with Crippen molar-refractivity contribution in [2.75, 3.05) is 13.7 Å². The van der Waals surface area contributed by atoms with Crippen LogP contribution in [0.3, 0.4) is 0 Å². The summed E-state index contributed by atoms with van der Waals surface area (Å²) in [6.45, 7) is 1.79. The predicted molar refractivity (Wildman–Crippen MR) is 65.2 cm³/mol. The lowest BCUT2D eigenvalue weighted by Gasteiger charge is -2.03. The Bertz CT molecular complexity index is 467. The molecule has 5 heteroatoms. The number of hydrogen-bond acceptors (Lipinski definition) is 4. The van der Waals surface area contributed by atoms with E-state index in [0.29, 0.717) is 19.7 Å². The van der Waals surface area contributed by atoms with Crippen molar-refractivity contribution in [3.05, 3.63) is 36.2 Å². The van der Waals surface area contributed by atoms with E-state index >= 15 is 0 Å². The van der Waals surface area contributed by atoms with E-state index < -0.39 is 0 Å². The smallest absolute Gasteiger partial charge is 0.111 e.